The largest absolute Gasteiger partial charge is 0.268 e. The highest BCUT2D eigenvalue weighted by Crippen LogP contribution is 2.30. The average Bonchev–Trinajstić information content (AvgIpc) is 2.81. The molecule has 1 heterocycles. The van der Waals surface area contributed by atoms with Crippen molar-refractivity contribution in [2.45, 2.75) is 24.3 Å². The van der Waals surface area contributed by atoms with Gasteiger partial charge in [-0.15, -0.1) is 0 Å². The fraction of sp³-hybridized carbons (Fsp3) is 0.167. The van der Waals surface area contributed by atoms with Crippen molar-refractivity contribution in [3.8, 4) is 5.69 Å². The molecule has 3 aromatic carbocycles. The third kappa shape index (κ3) is 4.29. The highest BCUT2D eigenvalue weighted by Gasteiger charge is 2.32. The van der Waals surface area contributed by atoms with Gasteiger partial charge in [0.2, 0.25) is 10.0 Å². The Hall–Kier alpha value is -3.07. The van der Waals surface area contributed by atoms with Crippen molar-refractivity contribution in [1.29, 1.82) is 0 Å². The van der Waals surface area contributed by atoms with Crippen molar-refractivity contribution < 1.29 is 12.8 Å². The summed E-state index contributed by atoms with van der Waals surface area (Å²) < 4.78 is 42.9. The standard InChI is InChI=1S/C24H21ClFN3O3S/c1-3-22(28(2)33(31,32)19-14-8-16(25)9-15-19)23-27-21-7-5-4-6-20(21)24(30)29(23)18-12-10-17(26)11-13-18/h4-15,22H,3H2,1-2H3. The molecule has 0 spiro atoms. The van der Waals surface area contributed by atoms with Crippen LogP contribution in [0.2, 0.25) is 5.02 Å². The maximum atomic E-state index is 13.6. The van der Waals surface area contributed by atoms with Crippen LogP contribution in [0.5, 0.6) is 0 Å². The second-order valence-corrected chi connectivity index (χ2v) is 9.94. The summed E-state index contributed by atoms with van der Waals surface area (Å²) in [5, 5.41) is 0.800. The van der Waals surface area contributed by atoms with Crippen LogP contribution in [0.1, 0.15) is 25.2 Å². The first-order valence-electron chi connectivity index (χ1n) is 10.2. The first-order valence-corrected chi connectivity index (χ1v) is 12.1. The molecule has 0 saturated carbocycles. The van der Waals surface area contributed by atoms with Crippen LogP contribution >= 0.6 is 11.6 Å². The zero-order valence-corrected chi connectivity index (χ0v) is 19.5. The van der Waals surface area contributed by atoms with Crippen LogP contribution in [0.4, 0.5) is 4.39 Å². The Morgan fingerprint density at radius 1 is 1.03 bits per heavy atom. The summed E-state index contributed by atoms with van der Waals surface area (Å²) in [6, 6.07) is 17.4. The Kier molecular flexibility index (Phi) is 6.34. The molecule has 0 aliphatic carbocycles. The van der Waals surface area contributed by atoms with Crippen molar-refractivity contribution in [3.05, 3.63) is 99.8 Å². The second-order valence-electron chi connectivity index (χ2n) is 7.50. The first-order chi connectivity index (χ1) is 15.7. The molecule has 0 aliphatic rings. The lowest BCUT2D eigenvalue weighted by molar-refractivity contribution is 0.347. The van der Waals surface area contributed by atoms with Gasteiger partial charge >= 0.3 is 0 Å². The Bertz CT molecular complexity index is 1470. The smallest absolute Gasteiger partial charge is 0.266 e. The molecule has 1 atom stereocenters. The van der Waals surface area contributed by atoms with Crippen molar-refractivity contribution in [3.63, 3.8) is 0 Å². The average molecular weight is 486 g/mol. The summed E-state index contributed by atoms with van der Waals surface area (Å²) in [6.07, 6.45) is 0.343. The monoisotopic (exact) mass is 485 g/mol. The SMILES string of the molecule is CCC(c1nc2ccccc2c(=O)n1-c1ccc(F)cc1)N(C)S(=O)(=O)c1ccc(Cl)cc1. The van der Waals surface area contributed by atoms with E-state index in [2.05, 4.69) is 0 Å². The molecular formula is C24H21ClFN3O3S. The van der Waals surface area contributed by atoms with Crippen LogP contribution in [0, 0.1) is 5.82 Å². The van der Waals surface area contributed by atoms with Crippen LogP contribution in [-0.2, 0) is 10.0 Å². The normalized spacial score (nSPS) is 12.9. The molecule has 9 heteroatoms. The van der Waals surface area contributed by atoms with Crippen LogP contribution in [0.15, 0.2) is 82.5 Å². The minimum Gasteiger partial charge on any atom is -0.268 e. The van der Waals surface area contributed by atoms with Crippen LogP contribution in [-0.4, -0.2) is 29.3 Å². The van der Waals surface area contributed by atoms with Gasteiger partial charge in [0.15, 0.2) is 0 Å². The van der Waals surface area contributed by atoms with E-state index in [1.165, 1.54) is 64.5 Å². The number of aromatic nitrogens is 2. The molecule has 4 rings (SSSR count). The van der Waals surface area contributed by atoms with Crippen molar-refractivity contribution in [1.82, 2.24) is 13.9 Å². The zero-order chi connectivity index (χ0) is 23.8. The number of halogens is 2. The van der Waals surface area contributed by atoms with Crippen molar-refractivity contribution in [2.75, 3.05) is 7.05 Å². The van der Waals surface area contributed by atoms with E-state index in [1.54, 1.807) is 24.3 Å². The van der Waals surface area contributed by atoms with Gasteiger partial charge < -0.3 is 0 Å². The summed E-state index contributed by atoms with van der Waals surface area (Å²) in [6.45, 7) is 1.81. The molecule has 1 aromatic heterocycles. The van der Waals surface area contributed by atoms with E-state index >= 15 is 0 Å². The lowest BCUT2D eigenvalue weighted by atomic mass is 10.1. The molecule has 0 N–H and O–H groups in total. The Morgan fingerprint density at radius 2 is 1.67 bits per heavy atom. The summed E-state index contributed by atoms with van der Waals surface area (Å²) >= 11 is 5.92. The maximum absolute atomic E-state index is 13.6. The van der Waals surface area contributed by atoms with Gasteiger partial charge in [-0.1, -0.05) is 30.7 Å². The molecule has 4 aromatic rings. The number of nitrogens with zero attached hydrogens (tertiary/aromatic N) is 3. The quantitative estimate of drug-likeness (QED) is 0.387. The maximum Gasteiger partial charge on any atom is 0.266 e. The molecule has 33 heavy (non-hydrogen) atoms. The third-order valence-corrected chi connectivity index (χ3v) is 7.63. The molecule has 170 valence electrons. The van der Waals surface area contributed by atoms with Crippen LogP contribution < -0.4 is 5.56 Å². The topological polar surface area (TPSA) is 72.3 Å². The van der Waals surface area contributed by atoms with Gasteiger partial charge in [-0.2, -0.15) is 4.31 Å². The Morgan fingerprint density at radius 3 is 2.30 bits per heavy atom. The number of hydrogen-bond acceptors (Lipinski definition) is 4. The van der Waals surface area contributed by atoms with E-state index in [4.69, 9.17) is 16.6 Å². The van der Waals surface area contributed by atoms with E-state index in [0.29, 0.717) is 28.0 Å². The molecule has 0 fully saturated rings. The molecule has 1 unspecified atom stereocenters. The van der Waals surface area contributed by atoms with Crippen molar-refractivity contribution >= 4 is 32.5 Å². The number of sulfonamides is 1. The lowest BCUT2D eigenvalue weighted by Gasteiger charge is -2.28. The fourth-order valence-corrected chi connectivity index (χ4v) is 5.27. The predicted octanol–water partition coefficient (Wildman–Crippen LogP) is 4.95. The van der Waals surface area contributed by atoms with Gasteiger partial charge in [0.05, 0.1) is 27.5 Å². The summed E-state index contributed by atoms with van der Waals surface area (Å²) in [5.41, 5.74) is 0.481. The van der Waals surface area contributed by atoms with Gasteiger partial charge in [0.1, 0.15) is 11.6 Å². The molecule has 6 nitrogen and oxygen atoms in total. The Balaban J connectivity index is 1.94. The number of fused-ring (bicyclic) bond motifs is 1. The van der Waals surface area contributed by atoms with E-state index in [1.807, 2.05) is 6.92 Å². The summed E-state index contributed by atoms with van der Waals surface area (Å²) in [4.78, 5) is 18.2. The number of benzene rings is 3. The minimum absolute atomic E-state index is 0.0734. The highest BCUT2D eigenvalue weighted by atomic mass is 35.5. The van der Waals surface area contributed by atoms with Gasteiger partial charge in [-0.05, 0) is 67.1 Å². The van der Waals surface area contributed by atoms with E-state index in [9.17, 15) is 17.6 Å². The van der Waals surface area contributed by atoms with Crippen LogP contribution in [0.3, 0.4) is 0 Å². The molecule has 0 saturated heterocycles. The molecule has 0 radical (unpaired) electrons. The molecule has 0 bridgehead atoms. The van der Waals surface area contributed by atoms with Gasteiger partial charge in [-0.3, -0.25) is 9.36 Å². The fourth-order valence-electron chi connectivity index (χ4n) is 3.76. The minimum atomic E-state index is -3.93. The molecule has 0 aliphatic heterocycles. The van der Waals surface area contributed by atoms with Gasteiger partial charge in [0, 0.05) is 12.1 Å². The van der Waals surface area contributed by atoms with Crippen molar-refractivity contribution in [2.24, 2.45) is 0 Å². The zero-order valence-electron chi connectivity index (χ0n) is 17.9. The lowest BCUT2D eigenvalue weighted by Crippen LogP contribution is -2.36. The molecular weight excluding hydrogens is 465 g/mol. The number of rotatable bonds is 6. The molecule has 0 amide bonds. The third-order valence-electron chi connectivity index (χ3n) is 5.50. The first kappa shape index (κ1) is 23.1. The van der Waals surface area contributed by atoms with Crippen LogP contribution in [0.25, 0.3) is 16.6 Å². The summed E-state index contributed by atoms with van der Waals surface area (Å²) in [5.74, 6) is -0.204. The van der Waals surface area contributed by atoms with Gasteiger partial charge in [0.25, 0.3) is 5.56 Å². The predicted molar refractivity (Wildman–Crippen MR) is 127 cm³/mol. The summed E-state index contributed by atoms with van der Waals surface area (Å²) in [7, 11) is -2.47. The van der Waals surface area contributed by atoms with E-state index < -0.39 is 21.9 Å². The van der Waals surface area contributed by atoms with Gasteiger partial charge in [-0.25, -0.2) is 17.8 Å². The van der Waals surface area contributed by atoms with E-state index in [-0.39, 0.29) is 16.3 Å². The number of para-hydroxylation sites is 1. The number of hydrogen-bond donors (Lipinski definition) is 0. The van der Waals surface area contributed by atoms with E-state index in [0.717, 1.165) is 0 Å². The Labute approximate surface area is 195 Å². The highest BCUT2D eigenvalue weighted by molar-refractivity contribution is 7.89. The second kappa shape index (κ2) is 9.05.